The van der Waals surface area contributed by atoms with Crippen LogP contribution in [0.15, 0.2) is 41.3 Å². The Balaban J connectivity index is 2.17. The van der Waals surface area contributed by atoms with Crippen molar-refractivity contribution in [3.8, 4) is 0 Å². The minimum Gasteiger partial charge on any atom is -0.324 e. The van der Waals surface area contributed by atoms with Gasteiger partial charge in [0.1, 0.15) is 4.90 Å². The molecule has 2 rings (SSSR count). The SMILES string of the molecule is Cc1ccc(C)c(NC(=O)[C@@H](C)NS(=O)(=O)c2cc(Cl)ccc2Cl)c1. The van der Waals surface area contributed by atoms with Gasteiger partial charge < -0.3 is 5.32 Å². The van der Waals surface area contributed by atoms with Crippen LogP contribution in [0.5, 0.6) is 0 Å². The number of rotatable bonds is 5. The molecule has 1 atom stereocenters. The zero-order chi connectivity index (χ0) is 18.8. The number of nitrogens with one attached hydrogen (secondary N) is 2. The molecule has 0 bridgehead atoms. The summed E-state index contributed by atoms with van der Waals surface area (Å²) in [7, 11) is -4.00. The number of aryl methyl sites for hydroxylation is 2. The van der Waals surface area contributed by atoms with Crippen LogP contribution in [0.1, 0.15) is 18.1 Å². The molecule has 0 spiro atoms. The summed E-state index contributed by atoms with van der Waals surface area (Å²) in [6.45, 7) is 5.22. The van der Waals surface area contributed by atoms with E-state index >= 15 is 0 Å². The van der Waals surface area contributed by atoms with Crippen LogP contribution in [0.25, 0.3) is 0 Å². The van der Waals surface area contributed by atoms with E-state index < -0.39 is 22.0 Å². The van der Waals surface area contributed by atoms with Crippen LogP contribution in [0.4, 0.5) is 5.69 Å². The summed E-state index contributed by atoms with van der Waals surface area (Å²) in [5.41, 5.74) is 2.50. The fourth-order valence-corrected chi connectivity index (χ4v) is 4.11. The van der Waals surface area contributed by atoms with Crippen LogP contribution in [0, 0.1) is 13.8 Å². The van der Waals surface area contributed by atoms with Gasteiger partial charge in [0.2, 0.25) is 15.9 Å². The zero-order valence-corrected chi connectivity index (χ0v) is 16.3. The van der Waals surface area contributed by atoms with Gasteiger partial charge in [-0.15, -0.1) is 0 Å². The predicted octanol–water partition coefficient (Wildman–Crippen LogP) is 3.92. The summed E-state index contributed by atoms with van der Waals surface area (Å²) in [5.74, 6) is -0.476. The Morgan fingerprint density at radius 1 is 1.08 bits per heavy atom. The van der Waals surface area contributed by atoms with E-state index in [9.17, 15) is 13.2 Å². The molecule has 0 aliphatic rings. The van der Waals surface area contributed by atoms with Crippen molar-refractivity contribution in [1.29, 1.82) is 0 Å². The molecule has 0 unspecified atom stereocenters. The van der Waals surface area contributed by atoms with Crippen molar-refractivity contribution in [2.45, 2.75) is 31.7 Å². The Bertz CT molecular complexity index is 914. The standard InChI is InChI=1S/C17H18Cl2N2O3S/c1-10-4-5-11(2)15(8-10)20-17(22)12(3)21-25(23,24)16-9-13(18)6-7-14(16)19/h4-9,12,21H,1-3H3,(H,20,22)/t12-/m1/s1. The van der Waals surface area contributed by atoms with Gasteiger partial charge in [0.05, 0.1) is 11.1 Å². The average molecular weight is 401 g/mol. The molecule has 0 saturated carbocycles. The van der Waals surface area contributed by atoms with Crippen molar-refractivity contribution in [2.24, 2.45) is 0 Å². The molecule has 8 heteroatoms. The fourth-order valence-electron chi connectivity index (χ4n) is 2.14. The van der Waals surface area contributed by atoms with Crippen molar-refractivity contribution in [2.75, 3.05) is 5.32 Å². The number of benzene rings is 2. The number of hydrogen-bond acceptors (Lipinski definition) is 3. The molecule has 134 valence electrons. The first-order valence-electron chi connectivity index (χ1n) is 7.45. The lowest BCUT2D eigenvalue weighted by Crippen LogP contribution is -2.41. The Labute approximate surface area is 157 Å². The second-order valence-electron chi connectivity index (χ2n) is 5.73. The van der Waals surface area contributed by atoms with Gasteiger partial charge in [-0.05, 0) is 56.2 Å². The lowest BCUT2D eigenvalue weighted by atomic mass is 10.1. The van der Waals surface area contributed by atoms with Gasteiger partial charge in [0.15, 0.2) is 0 Å². The number of hydrogen-bond donors (Lipinski definition) is 2. The maximum absolute atomic E-state index is 12.5. The van der Waals surface area contributed by atoms with Crippen molar-refractivity contribution in [3.63, 3.8) is 0 Å². The topological polar surface area (TPSA) is 75.3 Å². The van der Waals surface area contributed by atoms with E-state index in [1.165, 1.54) is 25.1 Å². The zero-order valence-electron chi connectivity index (χ0n) is 13.9. The second-order valence-corrected chi connectivity index (χ2v) is 8.25. The number of carbonyl (C=O) groups is 1. The van der Waals surface area contributed by atoms with Crippen LogP contribution < -0.4 is 10.0 Å². The third kappa shape index (κ3) is 4.95. The highest BCUT2D eigenvalue weighted by atomic mass is 35.5. The van der Waals surface area contributed by atoms with Gasteiger partial charge in [-0.3, -0.25) is 4.79 Å². The van der Waals surface area contributed by atoms with Crippen molar-refractivity contribution >= 4 is 44.8 Å². The van der Waals surface area contributed by atoms with Crippen molar-refractivity contribution in [1.82, 2.24) is 4.72 Å². The lowest BCUT2D eigenvalue weighted by Gasteiger charge is -2.16. The van der Waals surface area contributed by atoms with Gasteiger partial charge in [-0.2, -0.15) is 4.72 Å². The van der Waals surface area contributed by atoms with Gasteiger partial charge in [0, 0.05) is 10.7 Å². The summed E-state index contributed by atoms with van der Waals surface area (Å²) in [6, 6.07) is 8.74. The number of carbonyl (C=O) groups excluding carboxylic acids is 1. The summed E-state index contributed by atoms with van der Waals surface area (Å²) in [6.07, 6.45) is 0. The normalized spacial score (nSPS) is 12.7. The molecule has 0 saturated heterocycles. The molecule has 0 aliphatic carbocycles. The van der Waals surface area contributed by atoms with Crippen LogP contribution in [-0.4, -0.2) is 20.4 Å². The molecule has 2 aromatic rings. The Morgan fingerprint density at radius 3 is 2.44 bits per heavy atom. The van der Waals surface area contributed by atoms with Gasteiger partial charge in [-0.25, -0.2) is 8.42 Å². The smallest absolute Gasteiger partial charge is 0.242 e. The van der Waals surface area contributed by atoms with Crippen LogP contribution in [-0.2, 0) is 14.8 Å². The Kier molecular flexibility index (Phi) is 6.11. The summed E-state index contributed by atoms with van der Waals surface area (Å²) < 4.78 is 27.2. The highest BCUT2D eigenvalue weighted by molar-refractivity contribution is 7.89. The van der Waals surface area contributed by atoms with Gasteiger partial charge in [-0.1, -0.05) is 35.3 Å². The maximum Gasteiger partial charge on any atom is 0.242 e. The van der Waals surface area contributed by atoms with Gasteiger partial charge in [0.25, 0.3) is 0 Å². The minimum atomic E-state index is -4.00. The van der Waals surface area contributed by atoms with E-state index in [-0.39, 0.29) is 14.9 Å². The first kappa shape index (κ1) is 19.7. The van der Waals surface area contributed by atoms with E-state index in [4.69, 9.17) is 23.2 Å². The average Bonchev–Trinajstić information content (AvgIpc) is 2.52. The first-order chi connectivity index (χ1) is 11.6. The molecule has 5 nitrogen and oxygen atoms in total. The number of sulfonamides is 1. The maximum atomic E-state index is 12.5. The highest BCUT2D eigenvalue weighted by Gasteiger charge is 2.24. The van der Waals surface area contributed by atoms with E-state index in [2.05, 4.69) is 10.0 Å². The monoisotopic (exact) mass is 400 g/mol. The quantitative estimate of drug-likeness (QED) is 0.798. The molecule has 0 radical (unpaired) electrons. The molecule has 1 amide bonds. The molecule has 0 aliphatic heterocycles. The first-order valence-corrected chi connectivity index (χ1v) is 9.69. The molecule has 0 aromatic heterocycles. The van der Waals surface area contributed by atoms with Crippen LogP contribution >= 0.6 is 23.2 Å². The van der Waals surface area contributed by atoms with Crippen molar-refractivity contribution in [3.05, 3.63) is 57.6 Å². The van der Waals surface area contributed by atoms with E-state index in [1.54, 1.807) is 0 Å². The minimum absolute atomic E-state index is 0.0269. The summed E-state index contributed by atoms with van der Waals surface area (Å²) in [4.78, 5) is 12.2. The number of anilines is 1. The predicted molar refractivity (Wildman–Crippen MR) is 101 cm³/mol. The van der Waals surface area contributed by atoms with E-state index in [0.717, 1.165) is 11.1 Å². The Hall–Kier alpha value is -1.60. The second kappa shape index (κ2) is 7.74. The lowest BCUT2D eigenvalue weighted by molar-refractivity contribution is -0.117. The molecule has 0 fully saturated rings. The molecule has 2 aromatic carbocycles. The summed E-state index contributed by atoms with van der Waals surface area (Å²) >= 11 is 11.8. The molecule has 2 N–H and O–H groups in total. The largest absolute Gasteiger partial charge is 0.324 e. The van der Waals surface area contributed by atoms with E-state index in [1.807, 2.05) is 32.0 Å². The molecular weight excluding hydrogens is 383 g/mol. The highest BCUT2D eigenvalue weighted by Crippen LogP contribution is 2.25. The third-order valence-corrected chi connectivity index (χ3v) is 5.82. The van der Waals surface area contributed by atoms with E-state index in [0.29, 0.717) is 5.69 Å². The molecule has 25 heavy (non-hydrogen) atoms. The Morgan fingerprint density at radius 2 is 1.76 bits per heavy atom. The number of halogens is 2. The fraction of sp³-hybridized carbons (Fsp3) is 0.235. The van der Waals surface area contributed by atoms with Crippen LogP contribution in [0.2, 0.25) is 10.0 Å². The van der Waals surface area contributed by atoms with Gasteiger partial charge >= 0.3 is 0 Å². The summed E-state index contributed by atoms with van der Waals surface area (Å²) in [5, 5.41) is 2.99. The third-order valence-electron chi connectivity index (χ3n) is 3.56. The molecule has 0 heterocycles. The number of amides is 1. The van der Waals surface area contributed by atoms with Crippen LogP contribution in [0.3, 0.4) is 0 Å². The molecular formula is C17H18Cl2N2O3S. The van der Waals surface area contributed by atoms with Crippen molar-refractivity contribution < 1.29 is 13.2 Å².